The standard InChI is InChI=1S/C14H16FNOS/c1-3-11-5-6-12(18-11)9-16-10-4-7-14(17-2)13(15)8-10/h4-8,16H,3,9H2,1-2H3. The van der Waals surface area contributed by atoms with Gasteiger partial charge >= 0.3 is 0 Å². The van der Waals surface area contributed by atoms with Crippen LogP contribution in [0.4, 0.5) is 10.1 Å². The van der Waals surface area contributed by atoms with E-state index >= 15 is 0 Å². The molecule has 4 heteroatoms. The molecule has 0 fully saturated rings. The summed E-state index contributed by atoms with van der Waals surface area (Å²) in [5, 5.41) is 3.21. The van der Waals surface area contributed by atoms with Crippen LogP contribution in [0.15, 0.2) is 30.3 Å². The molecule has 0 amide bonds. The van der Waals surface area contributed by atoms with Gasteiger partial charge in [-0.3, -0.25) is 0 Å². The molecule has 0 aliphatic heterocycles. The van der Waals surface area contributed by atoms with Gasteiger partial charge < -0.3 is 10.1 Å². The number of nitrogens with one attached hydrogen (secondary N) is 1. The Hall–Kier alpha value is -1.55. The molecule has 1 heterocycles. The Morgan fingerprint density at radius 3 is 2.61 bits per heavy atom. The molecule has 96 valence electrons. The fourth-order valence-corrected chi connectivity index (χ4v) is 2.57. The number of ether oxygens (including phenoxy) is 1. The van der Waals surface area contributed by atoms with E-state index in [2.05, 4.69) is 24.4 Å². The van der Waals surface area contributed by atoms with E-state index in [9.17, 15) is 4.39 Å². The van der Waals surface area contributed by atoms with Crippen LogP contribution < -0.4 is 10.1 Å². The molecule has 1 aromatic heterocycles. The second-order valence-electron chi connectivity index (χ2n) is 3.92. The number of halogens is 1. The molecule has 2 nitrogen and oxygen atoms in total. The molecule has 0 aliphatic rings. The summed E-state index contributed by atoms with van der Waals surface area (Å²) in [6.45, 7) is 2.86. The van der Waals surface area contributed by atoms with Crippen LogP contribution in [-0.2, 0) is 13.0 Å². The number of aryl methyl sites for hydroxylation is 1. The SMILES string of the molecule is CCc1ccc(CNc2ccc(OC)c(F)c2)s1. The van der Waals surface area contributed by atoms with Crippen molar-refractivity contribution in [2.45, 2.75) is 19.9 Å². The summed E-state index contributed by atoms with van der Waals surface area (Å²) in [5.41, 5.74) is 0.764. The van der Waals surface area contributed by atoms with Gasteiger partial charge in [0, 0.05) is 28.1 Å². The monoisotopic (exact) mass is 265 g/mol. The highest BCUT2D eigenvalue weighted by molar-refractivity contribution is 7.12. The maximum atomic E-state index is 13.5. The van der Waals surface area contributed by atoms with E-state index in [4.69, 9.17) is 4.74 Å². The Morgan fingerprint density at radius 2 is 2.00 bits per heavy atom. The zero-order valence-corrected chi connectivity index (χ0v) is 11.3. The van der Waals surface area contributed by atoms with Gasteiger partial charge in [0.2, 0.25) is 0 Å². The minimum absolute atomic E-state index is 0.268. The summed E-state index contributed by atoms with van der Waals surface area (Å²) in [6, 6.07) is 9.14. The predicted octanol–water partition coefficient (Wildman–Crippen LogP) is 4.07. The van der Waals surface area contributed by atoms with Gasteiger partial charge in [0.05, 0.1) is 7.11 Å². The van der Waals surface area contributed by atoms with Crippen LogP contribution in [0.5, 0.6) is 5.75 Å². The number of thiophene rings is 1. The molecule has 2 rings (SSSR count). The minimum atomic E-state index is -0.345. The molecule has 18 heavy (non-hydrogen) atoms. The Labute approximate surface area is 110 Å². The third-order valence-corrected chi connectivity index (χ3v) is 3.91. The second-order valence-corrected chi connectivity index (χ2v) is 5.18. The lowest BCUT2D eigenvalue weighted by atomic mass is 10.3. The number of methoxy groups -OCH3 is 1. The summed E-state index contributed by atoms with van der Waals surface area (Å²) in [5.74, 6) is -0.0760. The zero-order chi connectivity index (χ0) is 13.0. The van der Waals surface area contributed by atoms with Gasteiger partial charge in [0.15, 0.2) is 11.6 Å². The summed E-state index contributed by atoms with van der Waals surface area (Å²) >= 11 is 1.78. The fraction of sp³-hybridized carbons (Fsp3) is 0.286. The Balaban J connectivity index is 1.99. The Bertz CT molecular complexity index is 524. The zero-order valence-electron chi connectivity index (χ0n) is 10.5. The predicted molar refractivity (Wildman–Crippen MR) is 74.0 cm³/mol. The molecule has 0 saturated heterocycles. The molecule has 1 aromatic carbocycles. The van der Waals surface area contributed by atoms with Gasteiger partial charge in [-0.1, -0.05) is 6.92 Å². The third-order valence-electron chi connectivity index (χ3n) is 2.68. The van der Waals surface area contributed by atoms with Gasteiger partial charge in [-0.2, -0.15) is 0 Å². The molecule has 0 atom stereocenters. The number of hydrogen-bond acceptors (Lipinski definition) is 3. The van der Waals surface area contributed by atoms with Crippen molar-refractivity contribution in [1.82, 2.24) is 0 Å². The van der Waals surface area contributed by atoms with Crippen molar-refractivity contribution in [1.29, 1.82) is 0 Å². The lowest BCUT2D eigenvalue weighted by Gasteiger charge is -2.07. The maximum Gasteiger partial charge on any atom is 0.167 e. The minimum Gasteiger partial charge on any atom is -0.494 e. The number of hydrogen-bond donors (Lipinski definition) is 1. The topological polar surface area (TPSA) is 21.3 Å². The second kappa shape index (κ2) is 5.87. The van der Waals surface area contributed by atoms with E-state index in [0.717, 1.165) is 18.7 Å². The van der Waals surface area contributed by atoms with Gasteiger partial charge in [0.1, 0.15) is 0 Å². The van der Waals surface area contributed by atoms with Gasteiger partial charge in [-0.25, -0.2) is 4.39 Å². The van der Waals surface area contributed by atoms with Gasteiger partial charge in [-0.15, -0.1) is 11.3 Å². The van der Waals surface area contributed by atoms with E-state index < -0.39 is 0 Å². The van der Waals surface area contributed by atoms with E-state index in [1.807, 2.05) is 6.07 Å². The summed E-state index contributed by atoms with van der Waals surface area (Å²) in [7, 11) is 1.46. The molecule has 0 aliphatic carbocycles. The van der Waals surface area contributed by atoms with Crippen LogP contribution in [0.1, 0.15) is 16.7 Å². The molecule has 0 spiro atoms. The van der Waals surface area contributed by atoms with Crippen LogP contribution in [0, 0.1) is 5.82 Å². The summed E-state index contributed by atoms with van der Waals surface area (Å²) in [4.78, 5) is 2.62. The van der Waals surface area contributed by atoms with Crippen molar-refractivity contribution in [2.24, 2.45) is 0 Å². The van der Waals surface area contributed by atoms with Crippen LogP contribution in [0.25, 0.3) is 0 Å². The van der Waals surface area contributed by atoms with Crippen molar-refractivity contribution in [3.63, 3.8) is 0 Å². The Kier molecular flexibility index (Phi) is 4.20. The quantitative estimate of drug-likeness (QED) is 0.880. The molecular weight excluding hydrogens is 249 g/mol. The molecule has 0 bridgehead atoms. The van der Waals surface area contributed by atoms with E-state index in [1.54, 1.807) is 17.4 Å². The number of benzene rings is 1. The molecule has 0 radical (unpaired) electrons. The molecule has 0 saturated carbocycles. The third kappa shape index (κ3) is 3.01. The van der Waals surface area contributed by atoms with Crippen molar-refractivity contribution in [3.05, 3.63) is 45.9 Å². The van der Waals surface area contributed by atoms with E-state index in [0.29, 0.717) is 0 Å². The highest BCUT2D eigenvalue weighted by atomic mass is 32.1. The van der Waals surface area contributed by atoms with Crippen molar-refractivity contribution < 1.29 is 9.13 Å². The highest BCUT2D eigenvalue weighted by Gasteiger charge is 2.04. The van der Waals surface area contributed by atoms with Crippen LogP contribution in [0.2, 0.25) is 0 Å². The molecular formula is C14H16FNOS. The van der Waals surface area contributed by atoms with E-state index in [1.165, 1.54) is 22.9 Å². The van der Waals surface area contributed by atoms with Gasteiger partial charge in [0.25, 0.3) is 0 Å². The summed E-state index contributed by atoms with van der Waals surface area (Å²) < 4.78 is 18.4. The lowest BCUT2D eigenvalue weighted by Crippen LogP contribution is -1.98. The molecule has 0 unspecified atom stereocenters. The van der Waals surface area contributed by atoms with Crippen molar-refractivity contribution in [2.75, 3.05) is 12.4 Å². The summed E-state index contributed by atoms with van der Waals surface area (Å²) in [6.07, 6.45) is 1.06. The molecule has 2 aromatic rings. The van der Waals surface area contributed by atoms with Crippen molar-refractivity contribution >= 4 is 17.0 Å². The first kappa shape index (κ1) is 12.9. The lowest BCUT2D eigenvalue weighted by molar-refractivity contribution is 0.386. The smallest absolute Gasteiger partial charge is 0.167 e. The van der Waals surface area contributed by atoms with Gasteiger partial charge in [-0.05, 0) is 30.7 Å². The number of rotatable bonds is 5. The first-order valence-corrected chi connectivity index (χ1v) is 6.69. The first-order valence-electron chi connectivity index (χ1n) is 5.88. The largest absolute Gasteiger partial charge is 0.494 e. The van der Waals surface area contributed by atoms with E-state index in [-0.39, 0.29) is 11.6 Å². The average Bonchev–Trinajstić information content (AvgIpc) is 2.84. The normalized spacial score (nSPS) is 10.4. The number of anilines is 1. The van der Waals surface area contributed by atoms with Crippen LogP contribution in [0.3, 0.4) is 0 Å². The Morgan fingerprint density at radius 1 is 1.22 bits per heavy atom. The fourth-order valence-electron chi connectivity index (χ4n) is 1.67. The van der Waals surface area contributed by atoms with Crippen molar-refractivity contribution in [3.8, 4) is 5.75 Å². The molecule has 1 N–H and O–H groups in total. The highest BCUT2D eigenvalue weighted by Crippen LogP contribution is 2.22. The first-order chi connectivity index (χ1) is 8.72. The van der Waals surface area contributed by atoms with Crippen LogP contribution in [-0.4, -0.2) is 7.11 Å². The maximum absolute atomic E-state index is 13.5. The van der Waals surface area contributed by atoms with Crippen LogP contribution >= 0.6 is 11.3 Å². The average molecular weight is 265 g/mol.